The zero-order valence-corrected chi connectivity index (χ0v) is 22.9. The Kier molecular flexibility index (Phi) is 9.63. The molecule has 0 heterocycles. The number of halogens is 1. The summed E-state index contributed by atoms with van der Waals surface area (Å²) < 4.78 is 42.0. The summed E-state index contributed by atoms with van der Waals surface area (Å²) in [6, 6.07) is 19.5. The Labute approximate surface area is 224 Å². The van der Waals surface area contributed by atoms with Crippen molar-refractivity contribution in [3.8, 4) is 0 Å². The normalized spacial score (nSPS) is 12.2. The molecule has 3 aromatic rings. The summed E-state index contributed by atoms with van der Waals surface area (Å²) in [7, 11) is -4.11. The predicted molar refractivity (Wildman–Crippen MR) is 146 cm³/mol. The number of rotatable bonds is 11. The first kappa shape index (κ1) is 28.8. The summed E-state index contributed by atoms with van der Waals surface area (Å²) in [6.45, 7) is 7.26. The van der Waals surface area contributed by atoms with E-state index in [4.69, 9.17) is 0 Å². The molecule has 0 bridgehead atoms. The zero-order valence-electron chi connectivity index (χ0n) is 22.1. The lowest BCUT2D eigenvalue weighted by Crippen LogP contribution is -2.51. The van der Waals surface area contributed by atoms with Gasteiger partial charge in [-0.1, -0.05) is 56.3 Å². The third kappa shape index (κ3) is 7.41. The second-order valence-electron chi connectivity index (χ2n) is 9.63. The lowest BCUT2D eigenvalue weighted by atomic mass is 10.1. The van der Waals surface area contributed by atoms with E-state index in [2.05, 4.69) is 5.32 Å². The van der Waals surface area contributed by atoms with E-state index >= 15 is 0 Å². The maximum atomic E-state index is 13.8. The van der Waals surface area contributed by atoms with Crippen LogP contribution in [-0.2, 0) is 26.2 Å². The van der Waals surface area contributed by atoms with Gasteiger partial charge in [0.05, 0.1) is 10.6 Å². The SMILES string of the molecule is Cc1cccc(N(CC(=O)N(Cc2ccc(F)cc2)[C@@H](C)C(=O)NCC(C)C)S(=O)(=O)c2ccccc2)c1. The molecule has 0 saturated heterocycles. The van der Waals surface area contributed by atoms with Crippen LogP contribution in [0.2, 0.25) is 0 Å². The van der Waals surface area contributed by atoms with Gasteiger partial charge in [-0.05, 0) is 67.3 Å². The van der Waals surface area contributed by atoms with E-state index in [9.17, 15) is 22.4 Å². The first-order valence-electron chi connectivity index (χ1n) is 12.4. The molecule has 0 aromatic heterocycles. The largest absolute Gasteiger partial charge is 0.354 e. The quantitative estimate of drug-likeness (QED) is 0.388. The Morgan fingerprint density at radius 1 is 0.921 bits per heavy atom. The number of benzene rings is 3. The molecule has 0 saturated carbocycles. The Bertz CT molecular complexity index is 1350. The first-order valence-corrected chi connectivity index (χ1v) is 13.9. The van der Waals surface area contributed by atoms with E-state index in [1.807, 2.05) is 26.8 Å². The Morgan fingerprint density at radius 3 is 2.18 bits per heavy atom. The van der Waals surface area contributed by atoms with Gasteiger partial charge in [-0.15, -0.1) is 0 Å². The molecule has 0 aliphatic rings. The van der Waals surface area contributed by atoms with E-state index in [1.54, 1.807) is 43.3 Å². The van der Waals surface area contributed by atoms with Gasteiger partial charge in [0.15, 0.2) is 0 Å². The van der Waals surface area contributed by atoms with Gasteiger partial charge in [-0.25, -0.2) is 12.8 Å². The number of hydrogen-bond acceptors (Lipinski definition) is 4. The maximum Gasteiger partial charge on any atom is 0.264 e. The van der Waals surface area contributed by atoms with E-state index in [0.717, 1.165) is 9.87 Å². The molecule has 3 rings (SSSR count). The topological polar surface area (TPSA) is 86.8 Å². The van der Waals surface area contributed by atoms with Crippen LogP contribution in [0.25, 0.3) is 0 Å². The fraction of sp³-hybridized carbons (Fsp3) is 0.310. The Balaban J connectivity index is 1.99. The average molecular weight is 540 g/mol. The third-order valence-electron chi connectivity index (χ3n) is 6.02. The average Bonchev–Trinajstić information content (AvgIpc) is 2.89. The molecule has 0 aliphatic carbocycles. The molecule has 202 valence electrons. The standard InChI is InChI=1S/C29H34FN3O4S/c1-21(2)18-31-29(35)23(4)32(19-24-13-15-25(30)16-14-24)28(34)20-33(26-10-8-9-22(3)17-26)38(36,37)27-11-6-5-7-12-27/h5-17,21,23H,18-20H2,1-4H3,(H,31,35)/t23-/m0/s1. The molecule has 38 heavy (non-hydrogen) atoms. The molecule has 0 radical (unpaired) electrons. The smallest absolute Gasteiger partial charge is 0.264 e. The number of carbonyl (C=O) groups excluding carboxylic acids is 2. The van der Waals surface area contributed by atoms with Crippen molar-refractivity contribution < 1.29 is 22.4 Å². The molecule has 9 heteroatoms. The van der Waals surface area contributed by atoms with E-state index in [-0.39, 0.29) is 23.3 Å². The third-order valence-corrected chi connectivity index (χ3v) is 7.81. The minimum atomic E-state index is -4.11. The molecule has 0 spiro atoms. The van der Waals surface area contributed by atoms with Crippen molar-refractivity contribution in [2.45, 2.75) is 45.2 Å². The summed E-state index contributed by atoms with van der Waals surface area (Å²) in [5, 5.41) is 2.84. The number of anilines is 1. The molecular formula is C29H34FN3O4S. The van der Waals surface area contributed by atoms with Crippen LogP contribution in [-0.4, -0.2) is 44.3 Å². The molecule has 0 unspecified atom stereocenters. The summed E-state index contributed by atoms with van der Waals surface area (Å²) in [5.74, 6) is -1.14. The number of hydrogen-bond donors (Lipinski definition) is 1. The lowest BCUT2D eigenvalue weighted by molar-refractivity contribution is -0.139. The van der Waals surface area contributed by atoms with Crippen LogP contribution < -0.4 is 9.62 Å². The second kappa shape index (κ2) is 12.7. The highest BCUT2D eigenvalue weighted by molar-refractivity contribution is 7.92. The fourth-order valence-electron chi connectivity index (χ4n) is 3.85. The summed E-state index contributed by atoms with van der Waals surface area (Å²) in [5.41, 5.74) is 1.77. The van der Waals surface area contributed by atoms with Crippen molar-refractivity contribution in [2.75, 3.05) is 17.4 Å². The minimum absolute atomic E-state index is 0.00240. The number of carbonyl (C=O) groups is 2. The number of sulfonamides is 1. The summed E-state index contributed by atoms with van der Waals surface area (Å²) >= 11 is 0. The van der Waals surface area contributed by atoms with Crippen LogP contribution in [0.4, 0.5) is 10.1 Å². The van der Waals surface area contributed by atoms with Crippen molar-refractivity contribution >= 4 is 27.5 Å². The lowest BCUT2D eigenvalue weighted by Gasteiger charge is -2.32. The van der Waals surface area contributed by atoms with E-state index < -0.39 is 34.3 Å². The molecule has 2 amide bonds. The van der Waals surface area contributed by atoms with E-state index in [1.165, 1.54) is 41.3 Å². The molecule has 0 aliphatic heterocycles. The fourth-order valence-corrected chi connectivity index (χ4v) is 5.28. The monoisotopic (exact) mass is 539 g/mol. The van der Waals surface area contributed by atoms with Crippen molar-refractivity contribution in [2.24, 2.45) is 5.92 Å². The van der Waals surface area contributed by atoms with Crippen molar-refractivity contribution in [3.05, 3.63) is 95.8 Å². The van der Waals surface area contributed by atoms with Gasteiger partial charge < -0.3 is 10.2 Å². The maximum absolute atomic E-state index is 13.8. The Morgan fingerprint density at radius 2 is 1.58 bits per heavy atom. The highest BCUT2D eigenvalue weighted by atomic mass is 32.2. The van der Waals surface area contributed by atoms with Gasteiger partial charge in [0.2, 0.25) is 11.8 Å². The van der Waals surface area contributed by atoms with Gasteiger partial charge in [0.1, 0.15) is 18.4 Å². The molecule has 3 aromatic carbocycles. The van der Waals surface area contributed by atoms with Crippen LogP contribution in [0.5, 0.6) is 0 Å². The number of nitrogens with zero attached hydrogens (tertiary/aromatic N) is 2. The Hall–Kier alpha value is -3.72. The van der Waals surface area contributed by atoms with Crippen LogP contribution >= 0.6 is 0 Å². The zero-order chi connectivity index (χ0) is 27.9. The molecule has 1 atom stereocenters. The first-order chi connectivity index (χ1) is 18.0. The number of nitrogens with one attached hydrogen (secondary N) is 1. The van der Waals surface area contributed by atoms with Gasteiger partial charge in [-0.2, -0.15) is 0 Å². The summed E-state index contributed by atoms with van der Waals surface area (Å²) in [6.07, 6.45) is 0. The minimum Gasteiger partial charge on any atom is -0.354 e. The predicted octanol–water partition coefficient (Wildman–Crippen LogP) is 4.52. The highest BCUT2D eigenvalue weighted by Gasteiger charge is 2.32. The number of aryl methyl sites for hydroxylation is 1. The summed E-state index contributed by atoms with van der Waals surface area (Å²) in [4.78, 5) is 28.1. The molecule has 0 fully saturated rings. The van der Waals surface area contributed by atoms with E-state index in [0.29, 0.717) is 17.8 Å². The number of amides is 2. The van der Waals surface area contributed by atoms with Gasteiger partial charge >= 0.3 is 0 Å². The molecule has 7 nitrogen and oxygen atoms in total. The van der Waals surface area contributed by atoms with Crippen LogP contribution in [0.1, 0.15) is 31.9 Å². The second-order valence-corrected chi connectivity index (χ2v) is 11.5. The van der Waals surface area contributed by atoms with Crippen molar-refractivity contribution in [1.82, 2.24) is 10.2 Å². The van der Waals surface area contributed by atoms with Crippen molar-refractivity contribution in [1.29, 1.82) is 0 Å². The van der Waals surface area contributed by atoms with Crippen LogP contribution in [0, 0.1) is 18.7 Å². The van der Waals surface area contributed by atoms with Crippen molar-refractivity contribution in [3.63, 3.8) is 0 Å². The van der Waals surface area contributed by atoms with Gasteiger partial charge in [0.25, 0.3) is 10.0 Å². The molecule has 1 N–H and O–H groups in total. The highest BCUT2D eigenvalue weighted by Crippen LogP contribution is 2.25. The van der Waals surface area contributed by atoms with Crippen LogP contribution in [0.3, 0.4) is 0 Å². The molecular weight excluding hydrogens is 505 g/mol. The van der Waals surface area contributed by atoms with Gasteiger partial charge in [-0.3, -0.25) is 13.9 Å². The van der Waals surface area contributed by atoms with Gasteiger partial charge in [0, 0.05) is 13.1 Å². The van der Waals surface area contributed by atoms with Crippen LogP contribution in [0.15, 0.2) is 83.8 Å².